The van der Waals surface area contributed by atoms with Crippen LogP contribution in [0, 0.1) is 0 Å². The number of nitrogens with zero attached hydrogens (tertiary/aromatic N) is 3. The van der Waals surface area contributed by atoms with E-state index in [0.29, 0.717) is 11.6 Å². The number of ether oxygens (including phenoxy) is 1. The van der Waals surface area contributed by atoms with Crippen LogP contribution in [0.5, 0.6) is 11.6 Å². The van der Waals surface area contributed by atoms with Gasteiger partial charge in [0.25, 0.3) is 0 Å². The Balaban J connectivity index is 2.18. The van der Waals surface area contributed by atoms with Crippen LogP contribution in [0.4, 0.5) is 0 Å². The largest absolute Gasteiger partial charge is 0.436 e. The molecule has 0 saturated carbocycles. The zero-order valence-electron chi connectivity index (χ0n) is 9.29. The molecule has 0 amide bonds. The summed E-state index contributed by atoms with van der Waals surface area (Å²) in [5.74, 6) is 1.19. The van der Waals surface area contributed by atoms with Crippen LogP contribution in [-0.4, -0.2) is 14.8 Å². The van der Waals surface area contributed by atoms with Gasteiger partial charge in [-0.15, -0.1) is 0 Å². The molecule has 0 aliphatic rings. The Kier molecular flexibility index (Phi) is 2.87. The van der Waals surface area contributed by atoms with Crippen molar-refractivity contribution in [2.75, 3.05) is 0 Å². The highest BCUT2D eigenvalue weighted by Gasteiger charge is 2.04. The second-order valence-electron chi connectivity index (χ2n) is 3.67. The van der Waals surface area contributed by atoms with Crippen molar-refractivity contribution in [1.82, 2.24) is 14.8 Å². The maximum Gasteiger partial charge on any atom is 0.219 e. The van der Waals surface area contributed by atoms with E-state index >= 15 is 0 Å². The number of aryl methyl sites for hydroxylation is 1. The SMILES string of the molecule is C[C@@H](N)c1ccnc(Oc2cnn(C)c2)c1. The van der Waals surface area contributed by atoms with Gasteiger partial charge in [-0.3, -0.25) is 4.68 Å². The van der Waals surface area contributed by atoms with Crippen LogP contribution < -0.4 is 10.5 Å². The van der Waals surface area contributed by atoms with Crippen molar-refractivity contribution in [3.63, 3.8) is 0 Å². The lowest BCUT2D eigenvalue weighted by molar-refractivity contribution is 0.461. The molecule has 0 fully saturated rings. The third kappa shape index (κ3) is 2.38. The van der Waals surface area contributed by atoms with E-state index in [2.05, 4.69) is 10.1 Å². The highest BCUT2D eigenvalue weighted by molar-refractivity contribution is 5.27. The summed E-state index contributed by atoms with van der Waals surface area (Å²) in [7, 11) is 1.83. The van der Waals surface area contributed by atoms with Gasteiger partial charge in [-0.1, -0.05) is 0 Å². The average molecular weight is 218 g/mol. The third-order valence-electron chi connectivity index (χ3n) is 2.19. The number of aromatic nitrogens is 3. The second kappa shape index (κ2) is 4.32. The Labute approximate surface area is 93.9 Å². The lowest BCUT2D eigenvalue weighted by atomic mass is 10.1. The van der Waals surface area contributed by atoms with Crippen molar-refractivity contribution in [2.24, 2.45) is 12.8 Å². The fourth-order valence-corrected chi connectivity index (χ4v) is 1.34. The van der Waals surface area contributed by atoms with Gasteiger partial charge in [-0.25, -0.2) is 4.98 Å². The molecule has 2 rings (SSSR count). The maximum absolute atomic E-state index is 5.78. The predicted molar refractivity (Wildman–Crippen MR) is 60.1 cm³/mol. The molecule has 2 aromatic rings. The Morgan fingerprint density at radius 3 is 2.94 bits per heavy atom. The molecule has 84 valence electrons. The first-order valence-electron chi connectivity index (χ1n) is 5.03. The molecule has 5 nitrogen and oxygen atoms in total. The van der Waals surface area contributed by atoms with Gasteiger partial charge in [0.2, 0.25) is 5.88 Å². The van der Waals surface area contributed by atoms with Crippen molar-refractivity contribution in [3.8, 4) is 11.6 Å². The molecule has 16 heavy (non-hydrogen) atoms. The van der Waals surface area contributed by atoms with Crippen LogP contribution >= 0.6 is 0 Å². The molecule has 2 aromatic heterocycles. The molecule has 0 aromatic carbocycles. The summed E-state index contributed by atoms with van der Waals surface area (Å²) in [6.45, 7) is 1.92. The summed E-state index contributed by atoms with van der Waals surface area (Å²) in [6.07, 6.45) is 5.10. The minimum absolute atomic E-state index is 0.0285. The van der Waals surface area contributed by atoms with Crippen LogP contribution in [0.3, 0.4) is 0 Å². The smallest absolute Gasteiger partial charge is 0.219 e. The minimum Gasteiger partial charge on any atom is -0.436 e. The van der Waals surface area contributed by atoms with Crippen molar-refractivity contribution < 1.29 is 4.74 Å². The van der Waals surface area contributed by atoms with Gasteiger partial charge in [0.1, 0.15) is 0 Å². The van der Waals surface area contributed by atoms with Crippen molar-refractivity contribution in [3.05, 3.63) is 36.3 Å². The molecule has 0 spiro atoms. The molecular weight excluding hydrogens is 204 g/mol. The van der Waals surface area contributed by atoms with Crippen LogP contribution in [0.25, 0.3) is 0 Å². The average Bonchev–Trinajstić information content (AvgIpc) is 2.64. The summed E-state index contributed by atoms with van der Waals surface area (Å²) in [6, 6.07) is 3.68. The molecule has 0 aliphatic carbocycles. The van der Waals surface area contributed by atoms with Gasteiger partial charge in [0.05, 0.1) is 12.4 Å². The summed E-state index contributed by atoms with van der Waals surface area (Å²) in [5, 5.41) is 4.01. The van der Waals surface area contributed by atoms with E-state index < -0.39 is 0 Å². The van der Waals surface area contributed by atoms with Crippen LogP contribution in [0.1, 0.15) is 18.5 Å². The number of hydrogen-bond acceptors (Lipinski definition) is 4. The highest BCUT2D eigenvalue weighted by Crippen LogP contribution is 2.20. The summed E-state index contributed by atoms with van der Waals surface area (Å²) >= 11 is 0. The Morgan fingerprint density at radius 1 is 1.50 bits per heavy atom. The van der Waals surface area contributed by atoms with E-state index in [1.165, 1.54) is 0 Å². The van der Waals surface area contributed by atoms with Crippen molar-refractivity contribution in [1.29, 1.82) is 0 Å². The third-order valence-corrected chi connectivity index (χ3v) is 2.19. The number of pyridine rings is 1. The molecule has 2 heterocycles. The van der Waals surface area contributed by atoms with E-state index in [0.717, 1.165) is 5.56 Å². The van der Waals surface area contributed by atoms with Crippen LogP contribution in [0.2, 0.25) is 0 Å². The molecule has 0 unspecified atom stereocenters. The first kappa shape index (κ1) is 10.6. The van der Waals surface area contributed by atoms with E-state index in [4.69, 9.17) is 10.5 Å². The van der Waals surface area contributed by atoms with Gasteiger partial charge < -0.3 is 10.5 Å². The fourth-order valence-electron chi connectivity index (χ4n) is 1.34. The Hall–Kier alpha value is -1.88. The Morgan fingerprint density at radius 2 is 2.31 bits per heavy atom. The minimum atomic E-state index is -0.0285. The van der Waals surface area contributed by atoms with Gasteiger partial charge in [0, 0.05) is 25.4 Å². The van der Waals surface area contributed by atoms with Crippen molar-refractivity contribution >= 4 is 0 Å². The predicted octanol–water partition coefficient (Wildman–Crippen LogP) is 1.63. The molecule has 5 heteroatoms. The number of rotatable bonds is 3. The quantitative estimate of drug-likeness (QED) is 0.850. The van der Waals surface area contributed by atoms with Crippen molar-refractivity contribution in [2.45, 2.75) is 13.0 Å². The van der Waals surface area contributed by atoms with Gasteiger partial charge in [-0.05, 0) is 18.6 Å². The zero-order chi connectivity index (χ0) is 11.5. The van der Waals surface area contributed by atoms with Gasteiger partial charge in [-0.2, -0.15) is 5.10 Å². The summed E-state index contributed by atoms with van der Waals surface area (Å²) in [4.78, 5) is 4.11. The summed E-state index contributed by atoms with van der Waals surface area (Å²) in [5.41, 5.74) is 6.77. The van der Waals surface area contributed by atoms with E-state index in [1.807, 2.05) is 26.1 Å². The van der Waals surface area contributed by atoms with E-state index in [1.54, 1.807) is 23.3 Å². The van der Waals surface area contributed by atoms with Crippen LogP contribution in [0.15, 0.2) is 30.7 Å². The topological polar surface area (TPSA) is 66.0 Å². The van der Waals surface area contributed by atoms with E-state index in [9.17, 15) is 0 Å². The van der Waals surface area contributed by atoms with Gasteiger partial charge in [0.15, 0.2) is 5.75 Å². The molecular formula is C11H14N4O. The fraction of sp³-hybridized carbons (Fsp3) is 0.273. The standard InChI is InChI=1S/C11H14N4O/c1-8(12)9-3-4-13-11(5-9)16-10-6-14-15(2)7-10/h3-8H,12H2,1-2H3/t8-/m1/s1. The summed E-state index contributed by atoms with van der Waals surface area (Å²) < 4.78 is 7.21. The first-order chi connectivity index (χ1) is 7.65. The monoisotopic (exact) mass is 218 g/mol. The van der Waals surface area contributed by atoms with Crippen LogP contribution in [-0.2, 0) is 7.05 Å². The molecule has 0 saturated heterocycles. The van der Waals surface area contributed by atoms with Gasteiger partial charge >= 0.3 is 0 Å². The lowest BCUT2D eigenvalue weighted by Gasteiger charge is -2.07. The molecule has 1 atom stereocenters. The zero-order valence-corrected chi connectivity index (χ0v) is 9.29. The molecule has 2 N–H and O–H groups in total. The van der Waals surface area contributed by atoms with E-state index in [-0.39, 0.29) is 6.04 Å². The second-order valence-corrected chi connectivity index (χ2v) is 3.67. The number of nitrogens with two attached hydrogens (primary N) is 1. The Bertz CT molecular complexity index is 478. The number of hydrogen-bond donors (Lipinski definition) is 1. The molecule has 0 bridgehead atoms. The molecule has 0 radical (unpaired) electrons. The lowest BCUT2D eigenvalue weighted by Crippen LogP contribution is -2.05. The highest BCUT2D eigenvalue weighted by atomic mass is 16.5. The maximum atomic E-state index is 5.78. The normalized spacial score (nSPS) is 12.4. The molecule has 0 aliphatic heterocycles. The first-order valence-corrected chi connectivity index (χ1v) is 5.03.